The highest BCUT2D eigenvalue weighted by molar-refractivity contribution is 6.11. The molecule has 1 unspecified atom stereocenters. The molecule has 1 atom stereocenters. The predicted octanol–water partition coefficient (Wildman–Crippen LogP) is 1.81. The SMILES string of the molecule is CCCN1CC(CC#N)Cn2nc(N)c(C(=O)Nc3cnccc3OCCN(C)C)c21. The van der Waals surface area contributed by atoms with E-state index in [9.17, 15) is 4.79 Å². The summed E-state index contributed by atoms with van der Waals surface area (Å²) in [6, 6.07) is 3.96. The highest BCUT2D eigenvalue weighted by atomic mass is 16.5. The molecular weight excluding hydrogens is 396 g/mol. The van der Waals surface area contributed by atoms with Gasteiger partial charge in [-0.3, -0.25) is 9.78 Å². The van der Waals surface area contributed by atoms with Crippen LogP contribution in [0.5, 0.6) is 5.75 Å². The highest BCUT2D eigenvalue weighted by Crippen LogP contribution is 2.33. The molecule has 2 aromatic heterocycles. The third-order valence-electron chi connectivity index (χ3n) is 5.09. The lowest BCUT2D eigenvalue weighted by atomic mass is 10.0. The van der Waals surface area contributed by atoms with E-state index in [0.29, 0.717) is 48.9 Å². The first-order chi connectivity index (χ1) is 14.9. The molecule has 0 aliphatic carbocycles. The van der Waals surface area contributed by atoms with E-state index < -0.39 is 0 Å². The van der Waals surface area contributed by atoms with Crippen LogP contribution in [0.3, 0.4) is 0 Å². The zero-order chi connectivity index (χ0) is 22.4. The molecule has 0 fully saturated rings. The van der Waals surface area contributed by atoms with E-state index in [1.165, 1.54) is 0 Å². The summed E-state index contributed by atoms with van der Waals surface area (Å²) in [6.45, 7) is 5.31. The number of nitriles is 1. The first-order valence-electron chi connectivity index (χ1n) is 10.5. The molecule has 0 saturated carbocycles. The topological polar surface area (TPSA) is 125 Å². The predicted molar refractivity (Wildman–Crippen MR) is 119 cm³/mol. The maximum atomic E-state index is 13.2. The molecule has 3 rings (SSSR count). The van der Waals surface area contributed by atoms with Gasteiger partial charge in [0, 0.05) is 50.8 Å². The van der Waals surface area contributed by atoms with Gasteiger partial charge >= 0.3 is 0 Å². The fourth-order valence-corrected chi connectivity index (χ4v) is 3.69. The van der Waals surface area contributed by atoms with Crippen molar-refractivity contribution >= 4 is 23.2 Å². The number of nitrogen functional groups attached to an aromatic ring is 1. The molecule has 2 aromatic rings. The number of rotatable bonds is 9. The van der Waals surface area contributed by atoms with Crippen LogP contribution in [0.4, 0.5) is 17.3 Å². The Kier molecular flexibility index (Phi) is 7.31. The van der Waals surface area contributed by atoms with Crippen molar-refractivity contribution in [1.29, 1.82) is 5.26 Å². The molecule has 10 nitrogen and oxygen atoms in total. The van der Waals surface area contributed by atoms with Crippen molar-refractivity contribution < 1.29 is 9.53 Å². The molecule has 166 valence electrons. The lowest BCUT2D eigenvalue weighted by Crippen LogP contribution is -2.39. The third-order valence-corrected chi connectivity index (χ3v) is 5.09. The van der Waals surface area contributed by atoms with Gasteiger partial charge in [-0.05, 0) is 20.5 Å². The van der Waals surface area contributed by atoms with Gasteiger partial charge in [-0.2, -0.15) is 10.4 Å². The van der Waals surface area contributed by atoms with Gasteiger partial charge in [0.05, 0.1) is 12.3 Å². The van der Waals surface area contributed by atoms with E-state index in [2.05, 4.69) is 33.3 Å². The summed E-state index contributed by atoms with van der Waals surface area (Å²) in [5.41, 5.74) is 6.99. The van der Waals surface area contributed by atoms with Crippen molar-refractivity contribution in [2.24, 2.45) is 5.92 Å². The molecule has 10 heteroatoms. The minimum Gasteiger partial charge on any atom is -0.490 e. The Bertz CT molecular complexity index is 949. The fourth-order valence-electron chi connectivity index (χ4n) is 3.69. The lowest BCUT2D eigenvalue weighted by Gasteiger charge is -2.34. The van der Waals surface area contributed by atoms with Crippen molar-refractivity contribution in [2.75, 3.05) is 56.3 Å². The second kappa shape index (κ2) is 10.1. The second-order valence-electron chi connectivity index (χ2n) is 7.92. The zero-order valence-electron chi connectivity index (χ0n) is 18.3. The van der Waals surface area contributed by atoms with Crippen molar-refractivity contribution in [3.63, 3.8) is 0 Å². The molecule has 0 bridgehead atoms. The van der Waals surface area contributed by atoms with Crippen LogP contribution >= 0.6 is 0 Å². The molecule has 31 heavy (non-hydrogen) atoms. The van der Waals surface area contributed by atoms with Crippen LogP contribution < -0.4 is 20.7 Å². The van der Waals surface area contributed by atoms with E-state index in [1.807, 2.05) is 19.0 Å². The number of hydrogen-bond donors (Lipinski definition) is 2. The number of carbonyl (C=O) groups excluding carboxylic acids is 1. The van der Waals surface area contributed by atoms with Crippen LogP contribution in [0.1, 0.15) is 30.1 Å². The Morgan fingerprint density at radius 1 is 1.45 bits per heavy atom. The minimum absolute atomic E-state index is 0.147. The van der Waals surface area contributed by atoms with E-state index in [-0.39, 0.29) is 17.6 Å². The maximum absolute atomic E-state index is 13.2. The number of amides is 1. The molecular formula is C21H30N8O2. The Morgan fingerprint density at radius 3 is 2.97 bits per heavy atom. The molecule has 1 aliphatic heterocycles. The summed E-state index contributed by atoms with van der Waals surface area (Å²) >= 11 is 0. The number of nitrogens with two attached hydrogens (primary N) is 1. The zero-order valence-corrected chi connectivity index (χ0v) is 18.3. The number of hydrogen-bond acceptors (Lipinski definition) is 8. The average molecular weight is 427 g/mol. The lowest BCUT2D eigenvalue weighted by molar-refractivity contribution is 0.102. The third kappa shape index (κ3) is 5.24. The Morgan fingerprint density at radius 2 is 2.26 bits per heavy atom. The molecule has 3 N–H and O–H groups in total. The summed E-state index contributed by atoms with van der Waals surface area (Å²) < 4.78 is 7.57. The monoisotopic (exact) mass is 426 g/mol. The number of anilines is 3. The molecule has 0 radical (unpaired) electrons. The number of likely N-dealkylation sites (N-methyl/N-ethyl adjacent to an activating group) is 1. The van der Waals surface area contributed by atoms with Crippen LogP contribution in [0.2, 0.25) is 0 Å². The number of aromatic nitrogens is 3. The van der Waals surface area contributed by atoms with Crippen LogP contribution in [-0.2, 0) is 6.54 Å². The minimum atomic E-state index is -0.357. The number of nitrogens with one attached hydrogen (secondary N) is 1. The standard InChI is InChI=1S/C21H30N8O2/c1-4-9-28-13-15(5-7-22)14-29-21(28)18(19(23)26-29)20(30)25-16-12-24-8-6-17(16)31-11-10-27(2)3/h6,8,12,15H,4-5,9-11,13-14H2,1-3H3,(H2,23,26)(H,25,30). The number of ether oxygens (including phenoxy) is 1. The highest BCUT2D eigenvalue weighted by Gasteiger charge is 2.32. The second-order valence-corrected chi connectivity index (χ2v) is 7.92. The van der Waals surface area contributed by atoms with Gasteiger partial charge in [-0.1, -0.05) is 6.92 Å². The van der Waals surface area contributed by atoms with Crippen molar-refractivity contribution in [2.45, 2.75) is 26.3 Å². The molecule has 3 heterocycles. The van der Waals surface area contributed by atoms with E-state index in [4.69, 9.17) is 15.7 Å². The van der Waals surface area contributed by atoms with E-state index in [0.717, 1.165) is 19.5 Å². The first-order valence-corrected chi connectivity index (χ1v) is 10.5. The number of fused-ring (bicyclic) bond motifs is 1. The van der Waals surface area contributed by atoms with Crippen molar-refractivity contribution in [3.8, 4) is 11.8 Å². The summed E-state index contributed by atoms with van der Waals surface area (Å²) in [4.78, 5) is 21.5. The van der Waals surface area contributed by atoms with Crippen LogP contribution in [0, 0.1) is 17.2 Å². The summed E-state index contributed by atoms with van der Waals surface area (Å²) in [5.74, 6) is 1.21. The van der Waals surface area contributed by atoms with E-state index >= 15 is 0 Å². The Hall–Kier alpha value is -3.32. The van der Waals surface area contributed by atoms with Gasteiger partial charge in [0.2, 0.25) is 0 Å². The molecule has 1 aliphatic rings. The van der Waals surface area contributed by atoms with Gasteiger partial charge in [0.15, 0.2) is 5.82 Å². The Balaban J connectivity index is 1.85. The van der Waals surface area contributed by atoms with Gasteiger partial charge in [0.25, 0.3) is 5.91 Å². The molecule has 0 saturated heterocycles. The van der Waals surface area contributed by atoms with Crippen LogP contribution in [-0.4, -0.2) is 65.9 Å². The van der Waals surface area contributed by atoms with Gasteiger partial charge in [0.1, 0.15) is 29.4 Å². The Labute approximate surface area is 182 Å². The summed E-state index contributed by atoms with van der Waals surface area (Å²) in [5, 5.41) is 16.4. The van der Waals surface area contributed by atoms with Crippen LogP contribution in [0.15, 0.2) is 18.5 Å². The van der Waals surface area contributed by atoms with Gasteiger partial charge < -0.3 is 25.6 Å². The number of carbonyl (C=O) groups is 1. The quantitative estimate of drug-likeness (QED) is 0.622. The van der Waals surface area contributed by atoms with Crippen LogP contribution in [0.25, 0.3) is 0 Å². The van der Waals surface area contributed by atoms with Gasteiger partial charge in [-0.25, -0.2) is 4.68 Å². The molecule has 0 aromatic carbocycles. The largest absolute Gasteiger partial charge is 0.490 e. The molecule has 1 amide bonds. The van der Waals surface area contributed by atoms with Crippen molar-refractivity contribution in [3.05, 3.63) is 24.0 Å². The number of pyridine rings is 1. The summed E-state index contributed by atoms with van der Waals surface area (Å²) in [6.07, 6.45) is 4.51. The van der Waals surface area contributed by atoms with Gasteiger partial charge in [-0.15, -0.1) is 0 Å². The van der Waals surface area contributed by atoms with Crippen molar-refractivity contribution in [1.82, 2.24) is 19.7 Å². The smallest absolute Gasteiger partial charge is 0.263 e. The van der Waals surface area contributed by atoms with E-state index in [1.54, 1.807) is 23.1 Å². The fraction of sp³-hybridized carbons (Fsp3) is 0.524. The average Bonchev–Trinajstić information content (AvgIpc) is 3.05. The summed E-state index contributed by atoms with van der Waals surface area (Å²) in [7, 11) is 3.93. The molecule has 0 spiro atoms. The maximum Gasteiger partial charge on any atom is 0.263 e. The first kappa shape index (κ1) is 22.4. The number of nitrogens with zero attached hydrogens (tertiary/aromatic N) is 6. The normalized spacial score (nSPS) is 15.5.